The molecule has 1 aromatic heterocycles. The summed E-state index contributed by atoms with van der Waals surface area (Å²) in [6.07, 6.45) is 0. The molecule has 3 aromatic rings. The van der Waals surface area contributed by atoms with Crippen LogP contribution in [0.2, 0.25) is 0 Å². The van der Waals surface area contributed by atoms with Gasteiger partial charge in [0.2, 0.25) is 5.75 Å². The van der Waals surface area contributed by atoms with Crippen molar-refractivity contribution in [2.75, 3.05) is 21.3 Å². The standard InChI is InChI=1S/C20H20FN3O4/c1-26-17-8-13(9-18(27-2)19(17)28-3)15-10-16(20(22)25)24(23-15)11-12-4-6-14(21)7-5-12/h4-10H,11H2,1-3H3,(H2,22,25). The quantitative estimate of drug-likeness (QED) is 0.676. The van der Waals surface area contributed by atoms with Gasteiger partial charge in [0, 0.05) is 5.56 Å². The van der Waals surface area contributed by atoms with Gasteiger partial charge in [0.1, 0.15) is 11.5 Å². The van der Waals surface area contributed by atoms with E-state index in [1.54, 1.807) is 30.3 Å². The number of hydrogen-bond donors (Lipinski definition) is 1. The molecule has 2 N–H and O–H groups in total. The molecule has 3 rings (SSSR count). The SMILES string of the molecule is COc1cc(-c2cc(C(N)=O)n(Cc3ccc(F)cc3)n2)cc(OC)c1OC. The number of primary amides is 1. The Balaban J connectivity index is 2.05. The van der Waals surface area contributed by atoms with E-state index < -0.39 is 5.91 Å². The minimum Gasteiger partial charge on any atom is -0.493 e. The molecule has 0 atom stereocenters. The molecule has 0 radical (unpaired) electrons. The van der Waals surface area contributed by atoms with E-state index in [1.807, 2.05) is 0 Å². The second-order valence-corrected chi connectivity index (χ2v) is 5.98. The second-order valence-electron chi connectivity index (χ2n) is 5.98. The summed E-state index contributed by atoms with van der Waals surface area (Å²) in [5, 5.41) is 4.50. The number of aromatic nitrogens is 2. The summed E-state index contributed by atoms with van der Waals surface area (Å²) < 4.78 is 30.7. The van der Waals surface area contributed by atoms with Gasteiger partial charge in [-0.25, -0.2) is 4.39 Å². The third-order valence-corrected chi connectivity index (χ3v) is 4.24. The number of nitrogens with two attached hydrogens (primary N) is 1. The minimum absolute atomic E-state index is 0.230. The Labute approximate surface area is 161 Å². The average Bonchev–Trinajstić information content (AvgIpc) is 3.12. The highest BCUT2D eigenvalue weighted by molar-refractivity contribution is 5.92. The van der Waals surface area contributed by atoms with Crippen LogP contribution in [0.15, 0.2) is 42.5 Å². The molecule has 146 valence electrons. The number of carbonyl (C=O) groups is 1. The predicted molar refractivity (Wildman–Crippen MR) is 101 cm³/mol. The van der Waals surface area contributed by atoms with Gasteiger partial charge in [0.25, 0.3) is 5.91 Å². The molecule has 0 spiro atoms. The van der Waals surface area contributed by atoms with Gasteiger partial charge >= 0.3 is 0 Å². The molecule has 0 aliphatic carbocycles. The Morgan fingerprint density at radius 3 is 2.14 bits per heavy atom. The lowest BCUT2D eigenvalue weighted by atomic mass is 10.1. The van der Waals surface area contributed by atoms with Crippen LogP contribution in [-0.4, -0.2) is 37.0 Å². The first-order valence-corrected chi connectivity index (χ1v) is 8.39. The summed E-state index contributed by atoms with van der Waals surface area (Å²) in [4.78, 5) is 11.9. The lowest BCUT2D eigenvalue weighted by molar-refractivity contribution is 0.0990. The molecular weight excluding hydrogens is 365 g/mol. The molecule has 0 unspecified atom stereocenters. The van der Waals surface area contributed by atoms with Crippen molar-refractivity contribution >= 4 is 5.91 Å². The number of halogens is 1. The summed E-state index contributed by atoms with van der Waals surface area (Å²) in [5.41, 5.74) is 7.69. The Hall–Kier alpha value is -3.55. The molecule has 0 aliphatic heterocycles. The molecule has 0 saturated heterocycles. The highest BCUT2D eigenvalue weighted by Gasteiger charge is 2.19. The first kappa shape index (κ1) is 19.2. The van der Waals surface area contributed by atoms with Gasteiger partial charge in [0.05, 0.1) is 33.6 Å². The van der Waals surface area contributed by atoms with E-state index >= 15 is 0 Å². The number of benzene rings is 2. The van der Waals surface area contributed by atoms with E-state index in [4.69, 9.17) is 19.9 Å². The Kier molecular flexibility index (Phi) is 5.49. The number of carbonyl (C=O) groups excluding carboxylic acids is 1. The lowest BCUT2D eigenvalue weighted by Gasteiger charge is -2.13. The number of ether oxygens (including phenoxy) is 3. The zero-order valence-corrected chi connectivity index (χ0v) is 15.7. The highest BCUT2D eigenvalue weighted by Crippen LogP contribution is 2.41. The first-order valence-electron chi connectivity index (χ1n) is 8.39. The summed E-state index contributed by atoms with van der Waals surface area (Å²) in [5.74, 6) is 0.427. The number of amides is 1. The fourth-order valence-corrected chi connectivity index (χ4v) is 2.87. The maximum atomic E-state index is 13.1. The molecule has 0 saturated carbocycles. The molecule has 7 nitrogen and oxygen atoms in total. The molecular formula is C20H20FN3O4. The van der Waals surface area contributed by atoms with Crippen LogP contribution < -0.4 is 19.9 Å². The molecule has 1 heterocycles. The van der Waals surface area contributed by atoms with E-state index in [-0.39, 0.29) is 18.1 Å². The van der Waals surface area contributed by atoms with E-state index in [0.717, 1.165) is 5.56 Å². The van der Waals surface area contributed by atoms with Crippen LogP contribution >= 0.6 is 0 Å². The number of nitrogens with zero attached hydrogens (tertiary/aromatic N) is 2. The van der Waals surface area contributed by atoms with Gasteiger partial charge in [-0.05, 0) is 35.9 Å². The Bertz CT molecular complexity index is 974. The van der Waals surface area contributed by atoms with Gasteiger partial charge in [-0.3, -0.25) is 9.48 Å². The lowest BCUT2D eigenvalue weighted by Crippen LogP contribution is -2.18. The van der Waals surface area contributed by atoms with Crippen molar-refractivity contribution in [1.82, 2.24) is 9.78 Å². The number of rotatable bonds is 7. The van der Waals surface area contributed by atoms with Crippen LogP contribution in [0.5, 0.6) is 17.2 Å². The highest BCUT2D eigenvalue weighted by atomic mass is 19.1. The average molecular weight is 385 g/mol. The van der Waals surface area contributed by atoms with Gasteiger partial charge in [-0.15, -0.1) is 0 Å². The van der Waals surface area contributed by atoms with Crippen LogP contribution in [0.3, 0.4) is 0 Å². The van der Waals surface area contributed by atoms with Crippen molar-refractivity contribution in [3.63, 3.8) is 0 Å². The van der Waals surface area contributed by atoms with Gasteiger partial charge in [0.15, 0.2) is 11.5 Å². The van der Waals surface area contributed by atoms with E-state index in [0.29, 0.717) is 28.5 Å². The number of hydrogen-bond acceptors (Lipinski definition) is 5. The zero-order chi connectivity index (χ0) is 20.3. The monoisotopic (exact) mass is 385 g/mol. The molecule has 1 amide bonds. The largest absolute Gasteiger partial charge is 0.493 e. The van der Waals surface area contributed by atoms with Crippen LogP contribution in [0.25, 0.3) is 11.3 Å². The summed E-state index contributed by atoms with van der Waals surface area (Å²) in [6.45, 7) is 0.267. The van der Waals surface area contributed by atoms with Crippen LogP contribution in [0.4, 0.5) is 4.39 Å². The fraction of sp³-hybridized carbons (Fsp3) is 0.200. The van der Waals surface area contributed by atoms with Crippen molar-refractivity contribution in [3.05, 3.63) is 59.5 Å². The normalized spacial score (nSPS) is 10.6. The van der Waals surface area contributed by atoms with Crippen molar-refractivity contribution in [2.24, 2.45) is 5.73 Å². The van der Waals surface area contributed by atoms with E-state index in [1.165, 1.54) is 38.1 Å². The van der Waals surface area contributed by atoms with Crippen molar-refractivity contribution in [3.8, 4) is 28.5 Å². The van der Waals surface area contributed by atoms with Crippen molar-refractivity contribution in [1.29, 1.82) is 0 Å². The summed E-state index contributed by atoms with van der Waals surface area (Å²) >= 11 is 0. The predicted octanol–water partition coefficient (Wildman–Crippen LogP) is 2.86. The third kappa shape index (κ3) is 3.75. The minimum atomic E-state index is -0.617. The molecule has 8 heteroatoms. The topological polar surface area (TPSA) is 88.6 Å². The Morgan fingerprint density at radius 1 is 1.04 bits per heavy atom. The van der Waals surface area contributed by atoms with Gasteiger partial charge < -0.3 is 19.9 Å². The van der Waals surface area contributed by atoms with Crippen molar-refractivity contribution in [2.45, 2.75) is 6.54 Å². The zero-order valence-electron chi connectivity index (χ0n) is 15.7. The molecule has 28 heavy (non-hydrogen) atoms. The smallest absolute Gasteiger partial charge is 0.267 e. The van der Waals surface area contributed by atoms with E-state index in [2.05, 4.69) is 5.10 Å². The van der Waals surface area contributed by atoms with Crippen molar-refractivity contribution < 1.29 is 23.4 Å². The third-order valence-electron chi connectivity index (χ3n) is 4.24. The molecule has 0 fully saturated rings. The van der Waals surface area contributed by atoms with Crippen LogP contribution in [0.1, 0.15) is 16.1 Å². The Morgan fingerprint density at radius 2 is 1.64 bits per heavy atom. The molecule has 0 aliphatic rings. The summed E-state index contributed by atoms with van der Waals surface area (Å²) in [6, 6.07) is 11.0. The van der Waals surface area contributed by atoms with Crippen LogP contribution in [0, 0.1) is 5.82 Å². The van der Waals surface area contributed by atoms with E-state index in [9.17, 15) is 9.18 Å². The number of methoxy groups -OCH3 is 3. The second kappa shape index (κ2) is 7.99. The fourth-order valence-electron chi connectivity index (χ4n) is 2.87. The molecule has 0 bridgehead atoms. The molecule has 2 aromatic carbocycles. The first-order chi connectivity index (χ1) is 13.5. The van der Waals surface area contributed by atoms with Gasteiger partial charge in [-0.1, -0.05) is 12.1 Å². The summed E-state index contributed by atoms with van der Waals surface area (Å²) in [7, 11) is 4.55. The van der Waals surface area contributed by atoms with Crippen LogP contribution in [-0.2, 0) is 6.54 Å². The maximum absolute atomic E-state index is 13.1. The maximum Gasteiger partial charge on any atom is 0.267 e. The van der Waals surface area contributed by atoms with Gasteiger partial charge in [-0.2, -0.15) is 5.10 Å².